The maximum atomic E-state index is 10.5. The van der Waals surface area contributed by atoms with Crippen molar-refractivity contribution in [2.75, 3.05) is 7.11 Å². The lowest BCUT2D eigenvalue weighted by Gasteiger charge is -2.24. The first-order valence-electron chi connectivity index (χ1n) is 5.87. The standard InChI is InChI=1S/C15H17NO2/c1-15(17,11-12-7-9-16-10-8-12)13-3-5-14(18-2)6-4-13/h3-10,17H,11H2,1-2H3. The van der Waals surface area contributed by atoms with Crippen LogP contribution in [0.5, 0.6) is 5.75 Å². The van der Waals surface area contributed by atoms with Crippen LogP contribution >= 0.6 is 0 Å². The van der Waals surface area contributed by atoms with Crippen LogP contribution in [0.25, 0.3) is 0 Å². The number of rotatable bonds is 4. The molecule has 0 saturated heterocycles. The molecule has 0 amide bonds. The molecule has 94 valence electrons. The molecule has 0 radical (unpaired) electrons. The molecule has 0 spiro atoms. The van der Waals surface area contributed by atoms with Crippen molar-refractivity contribution in [2.45, 2.75) is 18.9 Å². The second kappa shape index (κ2) is 5.19. The second-order valence-electron chi connectivity index (χ2n) is 4.53. The molecule has 18 heavy (non-hydrogen) atoms. The molecule has 2 aromatic rings. The Kier molecular flexibility index (Phi) is 3.63. The van der Waals surface area contributed by atoms with E-state index >= 15 is 0 Å². The van der Waals surface area contributed by atoms with Crippen LogP contribution in [0.2, 0.25) is 0 Å². The fourth-order valence-electron chi connectivity index (χ4n) is 1.95. The third-order valence-electron chi connectivity index (χ3n) is 3.01. The highest BCUT2D eigenvalue weighted by atomic mass is 16.5. The lowest BCUT2D eigenvalue weighted by atomic mass is 9.89. The summed E-state index contributed by atoms with van der Waals surface area (Å²) < 4.78 is 5.11. The molecule has 3 nitrogen and oxygen atoms in total. The first kappa shape index (κ1) is 12.6. The maximum absolute atomic E-state index is 10.5. The lowest BCUT2D eigenvalue weighted by Crippen LogP contribution is -2.24. The molecular weight excluding hydrogens is 226 g/mol. The predicted molar refractivity (Wildman–Crippen MR) is 70.5 cm³/mol. The van der Waals surface area contributed by atoms with Crippen LogP contribution in [0.1, 0.15) is 18.1 Å². The Morgan fingerprint density at radius 3 is 2.28 bits per heavy atom. The van der Waals surface area contributed by atoms with Gasteiger partial charge in [0.25, 0.3) is 0 Å². The van der Waals surface area contributed by atoms with E-state index in [1.54, 1.807) is 19.5 Å². The minimum atomic E-state index is -0.895. The number of hydrogen-bond acceptors (Lipinski definition) is 3. The average Bonchev–Trinajstić information content (AvgIpc) is 2.39. The Labute approximate surface area is 107 Å². The van der Waals surface area contributed by atoms with Crippen molar-refractivity contribution >= 4 is 0 Å². The summed E-state index contributed by atoms with van der Waals surface area (Å²) in [6.45, 7) is 1.81. The number of ether oxygens (including phenoxy) is 1. The van der Waals surface area contributed by atoms with Gasteiger partial charge < -0.3 is 9.84 Å². The summed E-state index contributed by atoms with van der Waals surface area (Å²) in [5, 5.41) is 10.5. The van der Waals surface area contributed by atoms with E-state index in [9.17, 15) is 5.11 Å². The smallest absolute Gasteiger partial charge is 0.118 e. The molecule has 1 aromatic heterocycles. The molecule has 3 heteroatoms. The minimum Gasteiger partial charge on any atom is -0.497 e. The second-order valence-corrected chi connectivity index (χ2v) is 4.53. The third-order valence-corrected chi connectivity index (χ3v) is 3.01. The van der Waals surface area contributed by atoms with Crippen LogP contribution < -0.4 is 4.74 Å². The van der Waals surface area contributed by atoms with Crippen LogP contribution in [0.3, 0.4) is 0 Å². The van der Waals surface area contributed by atoms with E-state index in [1.165, 1.54) is 0 Å². The average molecular weight is 243 g/mol. The molecule has 0 fully saturated rings. The monoisotopic (exact) mass is 243 g/mol. The number of benzene rings is 1. The van der Waals surface area contributed by atoms with Gasteiger partial charge in [0.15, 0.2) is 0 Å². The van der Waals surface area contributed by atoms with E-state index in [2.05, 4.69) is 4.98 Å². The van der Waals surface area contributed by atoms with E-state index in [1.807, 2.05) is 43.3 Å². The number of aromatic nitrogens is 1. The number of nitrogens with zero attached hydrogens (tertiary/aromatic N) is 1. The molecule has 1 atom stereocenters. The number of methoxy groups -OCH3 is 1. The number of pyridine rings is 1. The van der Waals surface area contributed by atoms with Crippen LogP contribution in [0, 0.1) is 0 Å². The topological polar surface area (TPSA) is 42.4 Å². The molecular formula is C15H17NO2. The van der Waals surface area contributed by atoms with Crippen molar-refractivity contribution in [1.29, 1.82) is 0 Å². The highest BCUT2D eigenvalue weighted by molar-refractivity contribution is 5.31. The predicted octanol–water partition coefficient (Wildman–Crippen LogP) is 2.54. The van der Waals surface area contributed by atoms with Crippen molar-refractivity contribution in [3.8, 4) is 5.75 Å². The van der Waals surface area contributed by atoms with Gasteiger partial charge in [0.05, 0.1) is 12.7 Å². The SMILES string of the molecule is COc1ccc(C(C)(O)Cc2ccncc2)cc1. The van der Waals surface area contributed by atoms with Crippen molar-refractivity contribution in [1.82, 2.24) is 4.98 Å². The summed E-state index contributed by atoms with van der Waals surface area (Å²) in [6.07, 6.45) is 4.03. The summed E-state index contributed by atoms with van der Waals surface area (Å²) in [5.74, 6) is 0.790. The molecule has 0 aliphatic heterocycles. The fourth-order valence-corrected chi connectivity index (χ4v) is 1.95. The zero-order valence-electron chi connectivity index (χ0n) is 10.6. The van der Waals surface area contributed by atoms with Crippen molar-refractivity contribution in [3.63, 3.8) is 0 Å². The number of aliphatic hydroxyl groups is 1. The zero-order chi connectivity index (χ0) is 13.0. The molecule has 1 aromatic carbocycles. The Hall–Kier alpha value is -1.87. The Bertz CT molecular complexity index is 492. The molecule has 0 aliphatic carbocycles. The van der Waals surface area contributed by atoms with Gasteiger partial charge in [-0.15, -0.1) is 0 Å². The molecule has 0 saturated carbocycles. The van der Waals surface area contributed by atoms with Gasteiger partial charge in [-0.3, -0.25) is 4.98 Å². The Morgan fingerprint density at radius 2 is 1.72 bits per heavy atom. The highest BCUT2D eigenvalue weighted by Crippen LogP contribution is 2.26. The number of hydrogen-bond donors (Lipinski definition) is 1. The summed E-state index contributed by atoms with van der Waals surface area (Å²) in [6, 6.07) is 11.3. The Morgan fingerprint density at radius 1 is 1.11 bits per heavy atom. The highest BCUT2D eigenvalue weighted by Gasteiger charge is 2.23. The molecule has 2 rings (SSSR count). The van der Waals surface area contributed by atoms with Crippen molar-refractivity contribution in [3.05, 3.63) is 59.9 Å². The lowest BCUT2D eigenvalue weighted by molar-refractivity contribution is 0.0576. The largest absolute Gasteiger partial charge is 0.497 e. The van der Waals surface area contributed by atoms with Crippen molar-refractivity contribution < 1.29 is 9.84 Å². The minimum absolute atomic E-state index is 0.557. The normalized spacial score (nSPS) is 13.9. The van der Waals surface area contributed by atoms with Gasteiger partial charge in [-0.1, -0.05) is 12.1 Å². The fraction of sp³-hybridized carbons (Fsp3) is 0.267. The first-order chi connectivity index (χ1) is 8.62. The van der Waals surface area contributed by atoms with Gasteiger partial charge in [-0.05, 0) is 42.3 Å². The van der Waals surface area contributed by atoms with Gasteiger partial charge in [0.1, 0.15) is 5.75 Å². The van der Waals surface area contributed by atoms with Gasteiger partial charge in [0, 0.05) is 18.8 Å². The molecule has 0 aliphatic rings. The van der Waals surface area contributed by atoms with E-state index < -0.39 is 5.60 Å². The first-order valence-corrected chi connectivity index (χ1v) is 5.87. The molecule has 1 unspecified atom stereocenters. The molecule has 0 bridgehead atoms. The van der Waals surface area contributed by atoms with E-state index in [0.717, 1.165) is 16.9 Å². The molecule has 1 N–H and O–H groups in total. The quantitative estimate of drug-likeness (QED) is 0.897. The van der Waals surface area contributed by atoms with Gasteiger partial charge in [-0.2, -0.15) is 0 Å². The zero-order valence-corrected chi connectivity index (χ0v) is 10.6. The van der Waals surface area contributed by atoms with E-state index in [4.69, 9.17) is 4.74 Å². The summed E-state index contributed by atoms with van der Waals surface area (Å²) in [4.78, 5) is 3.97. The van der Waals surface area contributed by atoms with Crippen LogP contribution in [-0.4, -0.2) is 17.2 Å². The van der Waals surface area contributed by atoms with Gasteiger partial charge in [-0.25, -0.2) is 0 Å². The van der Waals surface area contributed by atoms with E-state index in [-0.39, 0.29) is 0 Å². The third kappa shape index (κ3) is 2.87. The van der Waals surface area contributed by atoms with Crippen molar-refractivity contribution in [2.24, 2.45) is 0 Å². The van der Waals surface area contributed by atoms with Crippen LogP contribution in [0.4, 0.5) is 0 Å². The van der Waals surface area contributed by atoms with Crippen LogP contribution in [-0.2, 0) is 12.0 Å². The van der Waals surface area contributed by atoms with Crippen LogP contribution in [0.15, 0.2) is 48.8 Å². The summed E-state index contributed by atoms with van der Waals surface area (Å²) in [5.41, 5.74) is 1.04. The van der Waals surface area contributed by atoms with Gasteiger partial charge >= 0.3 is 0 Å². The van der Waals surface area contributed by atoms with E-state index in [0.29, 0.717) is 6.42 Å². The summed E-state index contributed by atoms with van der Waals surface area (Å²) in [7, 11) is 1.63. The molecule has 1 heterocycles. The Balaban J connectivity index is 2.19. The maximum Gasteiger partial charge on any atom is 0.118 e. The summed E-state index contributed by atoms with van der Waals surface area (Å²) >= 11 is 0. The van der Waals surface area contributed by atoms with Gasteiger partial charge in [0.2, 0.25) is 0 Å².